The van der Waals surface area contributed by atoms with Crippen LogP contribution in [0, 0.1) is 5.92 Å². The lowest BCUT2D eigenvalue weighted by Crippen LogP contribution is -2.48. The van der Waals surface area contributed by atoms with Crippen molar-refractivity contribution >= 4 is 12.0 Å². The maximum absolute atomic E-state index is 13.4. The second-order valence-electron chi connectivity index (χ2n) is 13.1. The van der Waals surface area contributed by atoms with Crippen LogP contribution in [-0.2, 0) is 16.1 Å². The molecule has 2 saturated heterocycles. The number of rotatable bonds is 16. The number of carbonyl (C=O) groups excluding carboxylic acids is 2. The van der Waals surface area contributed by atoms with E-state index in [1.54, 1.807) is 4.90 Å². The van der Waals surface area contributed by atoms with Gasteiger partial charge in [0.1, 0.15) is 5.75 Å². The zero-order valence-electron chi connectivity index (χ0n) is 28.1. The topological polar surface area (TPSA) is 74.3 Å². The molecule has 3 aliphatic rings. The Labute approximate surface area is 276 Å². The minimum Gasteiger partial charge on any atom is -0.494 e. The molecule has 0 bridgehead atoms. The average molecular weight is 631 g/mol. The molecule has 5 rings (SSSR count). The highest BCUT2D eigenvalue weighted by atomic mass is 16.5. The van der Waals surface area contributed by atoms with Crippen LogP contribution in [0.1, 0.15) is 88.8 Å². The first-order chi connectivity index (χ1) is 22.5. The number of unbranched alkanes of at least 4 members (excludes halogenated alkanes) is 3. The molecule has 0 saturated carbocycles. The van der Waals surface area contributed by atoms with E-state index in [9.17, 15) is 9.59 Å². The molecular formula is C38H54N4O4. The Kier molecular flexibility index (Phi) is 13.0. The molecule has 1 N–H and O–H groups in total. The summed E-state index contributed by atoms with van der Waals surface area (Å²) in [4.78, 5) is 33.5. The molecule has 2 aromatic carbocycles. The number of esters is 1. The first-order valence-corrected chi connectivity index (χ1v) is 17.7. The van der Waals surface area contributed by atoms with Gasteiger partial charge in [-0.1, -0.05) is 55.3 Å². The van der Waals surface area contributed by atoms with E-state index < -0.39 is 6.04 Å². The molecule has 0 radical (unpaired) electrons. The van der Waals surface area contributed by atoms with Crippen molar-refractivity contribution < 1.29 is 19.1 Å². The van der Waals surface area contributed by atoms with Gasteiger partial charge in [0.05, 0.1) is 24.8 Å². The maximum Gasteiger partial charge on any atom is 0.338 e. The van der Waals surface area contributed by atoms with Crippen LogP contribution < -0.4 is 10.1 Å². The number of hydrogen-bond donors (Lipinski definition) is 1. The Morgan fingerprint density at radius 2 is 1.59 bits per heavy atom. The lowest BCUT2D eigenvalue weighted by atomic mass is 9.92. The Bertz CT molecular complexity index is 1270. The molecule has 8 heteroatoms. The van der Waals surface area contributed by atoms with Crippen molar-refractivity contribution in [1.82, 2.24) is 20.0 Å². The maximum atomic E-state index is 13.4. The van der Waals surface area contributed by atoms with Gasteiger partial charge in [-0.3, -0.25) is 9.80 Å². The zero-order valence-corrected chi connectivity index (χ0v) is 28.1. The molecule has 46 heavy (non-hydrogen) atoms. The second-order valence-corrected chi connectivity index (χ2v) is 13.1. The van der Waals surface area contributed by atoms with Gasteiger partial charge in [0.25, 0.3) is 0 Å². The van der Waals surface area contributed by atoms with Crippen molar-refractivity contribution in [1.29, 1.82) is 0 Å². The summed E-state index contributed by atoms with van der Waals surface area (Å²) in [6.07, 6.45) is 10.6. The van der Waals surface area contributed by atoms with E-state index >= 15 is 0 Å². The third-order valence-corrected chi connectivity index (χ3v) is 9.86. The second kappa shape index (κ2) is 17.5. The van der Waals surface area contributed by atoms with Crippen LogP contribution in [0.15, 0.2) is 65.9 Å². The van der Waals surface area contributed by atoms with Gasteiger partial charge >= 0.3 is 12.0 Å². The lowest BCUT2D eigenvalue weighted by Gasteiger charge is -2.37. The quantitative estimate of drug-likeness (QED) is 0.160. The van der Waals surface area contributed by atoms with E-state index in [1.165, 1.54) is 57.3 Å². The normalized spacial score (nSPS) is 19.8. The number of nitrogens with zero attached hydrogens (tertiary/aromatic N) is 3. The van der Waals surface area contributed by atoms with Crippen LogP contribution in [0.5, 0.6) is 5.75 Å². The fraction of sp³-hybridized carbons (Fsp3) is 0.579. The molecule has 8 nitrogen and oxygen atoms in total. The summed E-state index contributed by atoms with van der Waals surface area (Å²) in [5, 5.41) is 3.11. The van der Waals surface area contributed by atoms with Gasteiger partial charge in [-0.05, 0) is 121 Å². The van der Waals surface area contributed by atoms with Crippen LogP contribution in [0.2, 0.25) is 0 Å². The van der Waals surface area contributed by atoms with Gasteiger partial charge in [-0.15, -0.1) is 0 Å². The minimum atomic E-state index is -0.561. The number of allylic oxidation sites excluding steroid dienone is 1. The molecule has 0 aliphatic carbocycles. The van der Waals surface area contributed by atoms with Gasteiger partial charge < -0.3 is 19.7 Å². The smallest absolute Gasteiger partial charge is 0.338 e. The van der Waals surface area contributed by atoms with Crippen LogP contribution in [0.3, 0.4) is 0 Å². The van der Waals surface area contributed by atoms with E-state index in [4.69, 9.17) is 9.47 Å². The number of nitrogens with one attached hydrogen (secondary N) is 1. The first kappa shape index (κ1) is 34.0. The molecule has 0 aromatic heterocycles. The van der Waals surface area contributed by atoms with Gasteiger partial charge in [0.2, 0.25) is 0 Å². The molecule has 3 heterocycles. The van der Waals surface area contributed by atoms with E-state index in [0.29, 0.717) is 30.3 Å². The highest BCUT2D eigenvalue weighted by Crippen LogP contribution is 2.33. The number of hydrogen-bond acceptors (Lipinski definition) is 6. The SMILES string of the molecule is CCOC(=O)C1=C(C)N(CCC2CCN(Cc3ccccc3)CC2)C(=O)NC1c1ccc(OCCCCCCN2CCCC2)cc1. The number of carbonyl (C=O) groups is 2. The number of amides is 2. The monoisotopic (exact) mass is 630 g/mol. The van der Waals surface area contributed by atoms with Gasteiger partial charge in [-0.25, -0.2) is 9.59 Å². The summed E-state index contributed by atoms with van der Waals surface area (Å²) in [5.41, 5.74) is 3.37. The van der Waals surface area contributed by atoms with Crippen LogP contribution in [-0.4, -0.2) is 79.2 Å². The zero-order chi connectivity index (χ0) is 32.1. The molecular weight excluding hydrogens is 576 g/mol. The number of ether oxygens (including phenoxy) is 2. The average Bonchev–Trinajstić information content (AvgIpc) is 3.59. The number of piperidine rings is 1. The summed E-state index contributed by atoms with van der Waals surface area (Å²) in [6, 6.07) is 17.7. The standard InChI is InChI=1S/C38H54N4O4/c1-3-45-37(43)35-30(2)42(27-21-31-19-25-41(26-20-31)29-32-13-7-6-8-14-32)38(44)39-36(35)33-15-17-34(18-16-33)46-28-12-5-4-9-22-40-23-10-11-24-40/h6-8,13-18,31,36H,3-5,9-12,19-29H2,1-2H3,(H,39,44). The summed E-state index contributed by atoms with van der Waals surface area (Å²) >= 11 is 0. The van der Waals surface area contributed by atoms with Gasteiger partial charge in [0.15, 0.2) is 0 Å². The Morgan fingerprint density at radius 1 is 0.870 bits per heavy atom. The molecule has 1 atom stereocenters. The third-order valence-electron chi connectivity index (χ3n) is 9.86. The molecule has 1 unspecified atom stereocenters. The van der Waals surface area contributed by atoms with E-state index in [0.717, 1.165) is 56.6 Å². The Morgan fingerprint density at radius 3 is 2.30 bits per heavy atom. The van der Waals surface area contributed by atoms with Crippen LogP contribution in [0.25, 0.3) is 0 Å². The summed E-state index contributed by atoms with van der Waals surface area (Å²) < 4.78 is 11.5. The van der Waals surface area contributed by atoms with Crippen molar-refractivity contribution in [3.05, 3.63) is 77.0 Å². The number of urea groups is 1. The molecule has 3 aliphatic heterocycles. The number of likely N-dealkylation sites (tertiary alicyclic amines) is 2. The van der Waals surface area contributed by atoms with Crippen molar-refractivity contribution in [3.8, 4) is 5.75 Å². The Balaban J connectivity index is 1.12. The van der Waals surface area contributed by atoms with Crippen molar-refractivity contribution in [2.24, 2.45) is 5.92 Å². The van der Waals surface area contributed by atoms with Gasteiger partial charge in [-0.2, -0.15) is 0 Å². The summed E-state index contributed by atoms with van der Waals surface area (Å²) in [6.45, 7) is 12.1. The fourth-order valence-corrected chi connectivity index (χ4v) is 7.10. The van der Waals surface area contributed by atoms with Crippen molar-refractivity contribution in [3.63, 3.8) is 0 Å². The Hall–Kier alpha value is -3.36. The predicted molar refractivity (Wildman–Crippen MR) is 182 cm³/mol. The van der Waals surface area contributed by atoms with Gasteiger partial charge in [0, 0.05) is 18.8 Å². The molecule has 0 spiro atoms. The molecule has 2 amide bonds. The lowest BCUT2D eigenvalue weighted by molar-refractivity contribution is -0.139. The first-order valence-electron chi connectivity index (χ1n) is 17.7. The van der Waals surface area contributed by atoms with Crippen molar-refractivity contribution in [2.75, 3.05) is 52.5 Å². The largest absolute Gasteiger partial charge is 0.494 e. The van der Waals surface area contributed by atoms with Crippen LogP contribution in [0.4, 0.5) is 4.79 Å². The molecule has 250 valence electrons. The van der Waals surface area contributed by atoms with Crippen molar-refractivity contribution in [2.45, 2.75) is 84.2 Å². The molecule has 2 fully saturated rings. The third kappa shape index (κ3) is 9.58. The summed E-state index contributed by atoms with van der Waals surface area (Å²) in [5.74, 6) is 0.978. The van der Waals surface area contributed by atoms with E-state index in [-0.39, 0.29) is 18.6 Å². The van der Waals surface area contributed by atoms with Crippen LogP contribution >= 0.6 is 0 Å². The van der Waals surface area contributed by atoms with E-state index in [1.807, 2.05) is 38.1 Å². The predicted octanol–water partition coefficient (Wildman–Crippen LogP) is 6.93. The minimum absolute atomic E-state index is 0.165. The fourth-order valence-electron chi connectivity index (χ4n) is 7.10. The number of benzene rings is 2. The summed E-state index contributed by atoms with van der Waals surface area (Å²) in [7, 11) is 0. The highest BCUT2D eigenvalue weighted by Gasteiger charge is 2.36. The highest BCUT2D eigenvalue weighted by molar-refractivity contribution is 5.95. The van der Waals surface area contributed by atoms with E-state index in [2.05, 4.69) is 45.4 Å². The molecule has 2 aromatic rings.